The summed E-state index contributed by atoms with van der Waals surface area (Å²) in [5.41, 5.74) is 2.95. The largest absolute Gasteiger partial charge is 0.494 e. The summed E-state index contributed by atoms with van der Waals surface area (Å²) in [6, 6.07) is 11.7. The van der Waals surface area contributed by atoms with E-state index in [1.54, 1.807) is 0 Å². The number of aryl methyl sites for hydroxylation is 1. The third-order valence-corrected chi connectivity index (χ3v) is 7.99. The van der Waals surface area contributed by atoms with Crippen LogP contribution in [0.1, 0.15) is 57.4 Å². The number of unbranched alkanes of at least 4 members (excludes halogenated alkanes) is 3. The van der Waals surface area contributed by atoms with Gasteiger partial charge in [-0.25, -0.2) is 0 Å². The van der Waals surface area contributed by atoms with Crippen molar-refractivity contribution in [1.29, 1.82) is 0 Å². The van der Waals surface area contributed by atoms with Crippen molar-refractivity contribution in [2.75, 3.05) is 62.9 Å². The number of aldehydes is 1. The number of carbonyl (C=O) groups excluding carboxylic acids is 2. The SMILES string of the molecule is CCCCCC(=O)OCN(C)c1cc(OCCCCN2CCN(c3cccc(Cl)c3Cl)CC2)ccc1CCC=O. The van der Waals surface area contributed by atoms with E-state index in [2.05, 4.69) is 16.7 Å². The van der Waals surface area contributed by atoms with E-state index in [0.29, 0.717) is 35.9 Å². The maximum atomic E-state index is 12.1. The summed E-state index contributed by atoms with van der Waals surface area (Å²) < 4.78 is 11.6. The molecular formula is C31H43Cl2N3O4. The first-order valence-corrected chi connectivity index (χ1v) is 15.2. The van der Waals surface area contributed by atoms with Crippen molar-refractivity contribution < 1.29 is 19.1 Å². The van der Waals surface area contributed by atoms with Gasteiger partial charge in [0.15, 0.2) is 6.73 Å². The number of benzene rings is 2. The van der Waals surface area contributed by atoms with Gasteiger partial charge >= 0.3 is 5.97 Å². The zero-order valence-corrected chi connectivity index (χ0v) is 25.4. The summed E-state index contributed by atoms with van der Waals surface area (Å²) in [4.78, 5) is 29.7. The number of piperazine rings is 1. The Morgan fingerprint density at radius 1 is 1.05 bits per heavy atom. The van der Waals surface area contributed by atoms with Gasteiger partial charge in [-0.05, 0) is 56.0 Å². The summed E-state index contributed by atoms with van der Waals surface area (Å²) in [7, 11) is 1.89. The van der Waals surface area contributed by atoms with Gasteiger partial charge in [-0.2, -0.15) is 0 Å². The van der Waals surface area contributed by atoms with E-state index in [9.17, 15) is 9.59 Å². The second-order valence-corrected chi connectivity index (χ2v) is 11.0. The first-order valence-electron chi connectivity index (χ1n) is 14.4. The lowest BCUT2D eigenvalue weighted by atomic mass is 10.1. The molecule has 0 amide bonds. The molecule has 40 heavy (non-hydrogen) atoms. The minimum Gasteiger partial charge on any atom is -0.494 e. The molecule has 2 aromatic carbocycles. The van der Waals surface area contributed by atoms with Gasteiger partial charge in [-0.3, -0.25) is 9.69 Å². The summed E-state index contributed by atoms with van der Waals surface area (Å²) in [5.74, 6) is 0.592. The molecule has 0 aromatic heterocycles. The molecule has 3 rings (SSSR count). The highest BCUT2D eigenvalue weighted by molar-refractivity contribution is 6.43. The maximum absolute atomic E-state index is 12.1. The molecule has 0 saturated carbocycles. The first-order chi connectivity index (χ1) is 19.4. The van der Waals surface area contributed by atoms with Gasteiger partial charge in [0.1, 0.15) is 12.0 Å². The summed E-state index contributed by atoms with van der Waals surface area (Å²) in [6.45, 7) is 7.77. The second-order valence-electron chi connectivity index (χ2n) is 10.3. The highest BCUT2D eigenvalue weighted by Gasteiger charge is 2.19. The van der Waals surface area contributed by atoms with E-state index in [1.165, 1.54) is 0 Å². The number of ether oxygens (including phenoxy) is 2. The molecule has 1 saturated heterocycles. The lowest BCUT2D eigenvalue weighted by Gasteiger charge is -2.36. The number of halogens is 2. The molecule has 2 aromatic rings. The molecule has 0 radical (unpaired) electrons. The Bertz CT molecular complexity index is 1080. The smallest absolute Gasteiger partial charge is 0.307 e. The van der Waals surface area contributed by atoms with Gasteiger partial charge in [0, 0.05) is 57.8 Å². The van der Waals surface area contributed by atoms with Crippen LogP contribution < -0.4 is 14.5 Å². The predicted molar refractivity (Wildman–Crippen MR) is 164 cm³/mol. The van der Waals surface area contributed by atoms with Crippen LogP contribution in [0, 0.1) is 0 Å². The Morgan fingerprint density at radius 2 is 1.85 bits per heavy atom. The van der Waals surface area contributed by atoms with Crippen molar-refractivity contribution in [2.45, 2.75) is 58.3 Å². The highest BCUT2D eigenvalue weighted by atomic mass is 35.5. The highest BCUT2D eigenvalue weighted by Crippen LogP contribution is 2.33. The van der Waals surface area contributed by atoms with Crippen LogP contribution in [-0.2, 0) is 20.7 Å². The number of nitrogens with zero attached hydrogens (tertiary/aromatic N) is 3. The zero-order valence-electron chi connectivity index (χ0n) is 23.9. The van der Waals surface area contributed by atoms with Gasteiger partial charge in [-0.1, -0.05) is 55.1 Å². The van der Waals surface area contributed by atoms with Crippen molar-refractivity contribution in [3.05, 3.63) is 52.0 Å². The Hall–Kier alpha value is -2.48. The van der Waals surface area contributed by atoms with E-state index in [1.807, 2.05) is 48.3 Å². The van der Waals surface area contributed by atoms with Crippen LogP contribution in [-0.4, -0.2) is 70.3 Å². The van der Waals surface area contributed by atoms with Crippen LogP contribution in [0.5, 0.6) is 5.75 Å². The molecule has 0 spiro atoms. The fourth-order valence-corrected chi connectivity index (χ4v) is 5.24. The lowest BCUT2D eigenvalue weighted by Crippen LogP contribution is -2.46. The average Bonchev–Trinajstić information content (AvgIpc) is 2.97. The Labute approximate surface area is 249 Å². The molecule has 0 unspecified atom stereocenters. The third kappa shape index (κ3) is 10.2. The van der Waals surface area contributed by atoms with E-state index < -0.39 is 0 Å². The molecule has 0 atom stereocenters. The van der Waals surface area contributed by atoms with Gasteiger partial charge in [-0.15, -0.1) is 0 Å². The van der Waals surface area contributed by atoms with Crippen molar-refractivity contribution in [3.8, 4) is 5.75 Å². The molecule has 1 aliphatic heterocycles. The molecule has 1 fully saturated rings. The number of esters is 1. The number of hydrogen-bond donors (Lipinski definition) is 0. The van der Waals surface area contributed by atoms with E-state index >= 15 is 0 Å². The summed E-state index contributed by atoms with van der Waals surface area (Å²) >= 11 is 12.6. The van der Waals surface area contributed by atoms with Crippen LogP contribution >= 0.6 is 23.2 Å². The Morgan fingerprint density at radius 3 is 2.60 bits per heavy atom. The van der Waals surface area contributed by atoms with Crippen molar-refractivity contribution >= 4 is 46.8 Å². The summed E-state index contributed by atoms with van der Waals surface area (Å²) in [5, 5.41) is 1.22. The molecular weight excluding hydrogens is 549 g/mol. The molecule has 9 heteroatoms. The number of hydrogen-bond acceptors (Lipinski definition) is 7. The molecule has 7 nitrogen and oxygen atoms in total. The Kier molecular flexibility index (Phi) is 13.9. The first kappa shape index (κ1) is 32.0. The number of anilines is 2. The third-order valence-electron chi connectivity index (χ3n) is 7.18. The average molecular weight is 593 g/mol. The number of carbonyl (C=O) groups is 2. The molecule has 220 valence electrons. The molecule has 1 aliphatic rings. The summed E-state index contributed by atoms with van der Waals surface area (Å²) in [6.07, 6.45) is 7.38. The number of rotatable bonds is 17. The molecule has 0 bridgehead atoms. The monoisotopic (exact) mass is 591 g/mol. The van der Waals surface area contributed by atoms with Crippen LogP contribution in [0.2, 0.25) is 10.0 Å². The fraction of sp³-hybridized carbons (Fsp3) is 0.548. The standard InChI is InChI=1S/C31H43Cl2N3O4/c1-3-4-5-13-30(38)40-24-34(2)29-23-26(15-14-25(29)10-9-21-37)39-22-7-6-16-35-17-19-36(20-18-35)28-12-8-11-27(32)31(28)33/h8,11-12,14-15,21,23H,3-7,9-10,13,16-20,22,24H2,1-2H3. The van der Waals surface area contributed by atoms with E-state index in [0.717, 1.165) is 93.8 Å². The van der Waals surface area contributed by atoms with Gasteiger partial charge < -0.3 is 24.1 Å². The van der Waals surface area contributed by atoms with Crippen LogP contribution in [0.25, 0.3) is 0 Å². The Balaban J connectivity index is 1.42. The molecule has 0 N–H and O–H groups in total. The van der Waals surface area contributed by atoms with E-state index in [4.69, 9.17) is 32.7 Å². The van der Waals surface area contributed by atoms with Crippen LogP contribution in [0.3, 0.4) is 0 Å². The topological polar surface area (TPSA) is 62.3 Å². The van der Waals surface area contributed by atoms with Crippen LogP contribution in [0.4, 0.5) is 11.4 Å². The quantitative estimate of drug-likeness (QED) is 0.0885. The maximum Gasteiger partial charge on any atom is 0.307 e. The lowest BCUT2D eigenvalue weighted by molar-refractivity contribution is -0.143. The van der Waals surface area contributed by atoms with Crippen molar-refractivity contribution in [2.24, 2.45) is 0 Å². The molecule has 1 heterocycles. The van der Waals surface area contributed by atoms with Gasteiger partial charge in [0.25, 0.3) is 0 Å². The minimum atomic E-state index is -0.183. The normalized spacial score (nSPS) is 13.8. The zero-order chi connectivity index (χ0) is 28.7. The molecule has 0 aliphatic carbocycles. The fourth-order valence-electron chi connectivity index (χ4n) is 4.82. The van der Waals surface area contributed by atoms with Gasteiger partial charge in [0.2, 0.25) is 0 Å². The van der Waals surface area contributed by atoms with Crippen molar-refractivity contribution in [1.82, 2.24) is 4.90 Å². The van der Waals surface area contributed by atoms with Crippen molar-refractivity contribution in [3.63, 3.8) is 0 Å². The predicted octanol–water partition coefficient (Wildman–Crippen LogP) is 6.62. The minimum absolute atomic E-state index is 0.166. The van der Waals surface area contributed by atoms with Gasteiger partial charge in [0.05, 0.1) is 22.3 Å². The second kappa shape index (κ2) is 17.4. The van der Waals surface area contributed by atoms with Crippen LogP contribution in [0.15, 0.2) is 36.4 Å². The van der Waals surface area contributed by atoms with E-state index in [-0.39, 0.29) is 12.7 Å².